The molecule has 0 fully saturated rings. The number of nitrogens with two attached hydrogens (primary N) is 4. The van der Waals surface area contributed by atoms with Crippen molar-refractivity contribution in [2.45, 2.75) is 69.1 Å². The van der Waals surface area contributed by atoms with Gasteiger partial charge in [-0.3, -0.25) is 24.0 Å². The molecule has 0 aromatic carbocycles. The van der Waals surface area contributed by atoms with E-state index in [1.165, 1.54) is 0 Å². The minimum atomic E-state index is -1.39. The van der Waals surface area contributed by atoms with Gasteiger partial charge in [0.2, 0.25) is 29.5 Å². The Morgan fingerprint density at radius 3 is 1.74 bits per heavy atom. The molecule has 0 aliphatic heterocycles. The Bertz CT molecular complexity index is 738. The molecule has 4 unspecified atom stereocenters. The fourth-order valence-electron chi connectivity index (χ4n) is 2.75. The summed E-state index contributed by atoms with van der Waals surface area (Å²) in [6, 6.07) is -4.78. The molecule has 0 aromatic heterocycles. The minimum Gasteiger partial charge on any atom is -0.480 e. The third kappa shape index (κ3) is 13.0. The van der Waals surface area contributed by atoms with E-state index in [2.05, 4.69) is 28.6 Å². The zero-order chi connectivity index (χ0) is 26.3. The number of aliphatic carboxylic acids is 1. The van der Waals surface area contributed by atoms with Crippen LogP contribution in [0.2, 0.25) is 0 Å². The van der Waals surface area contributed by atoms with Crippen molar-refractivity contribution in [2.24, 2.45) is 22.9 Å². The van der Waals surface area contributed by atoms with Crippen LogP contribution < -0.4 is 38.9 Å². The average molecular weight is 506 g/mol. The highest BCUT2D eigenvalue weighted by Gasteiger charge is 2.29. The summed E-state index contributed by atoms with van der Waals surface area (Å²) in [4.78, 5) is 70.9. The number of carbonyl (C=O) groups excluding carboxylic acids is 5. The second-order valence-electron chi connectivity index (χ2n) is 7.61. The zero-order valence-corrected chi connectivity index (χ0v) is 19.7. The topological polar surface area (TPSA) is 263 Å². The summed E-state index contributed by atoms with van der Waals surface area (Å²) in [5, 5.41) is 16.5. The number of hydrogen-bond donors (Lipinski definition) is 9. The van der Waals surface area contributed by atoms with E-state index in [-0.39, 0.29) is 37.9 Å². The van der Waals surface area contributed by atoms with Crippen LogP contribution in [0.3, 0.4) is 0 Å². The van der Waals surface area contributed by atoms with Gasteiger partial charge < -0.3 is 44.0 Å². The van der Waals surface area contributed by atoms with Crippen LogP contribution in [0.4, 0.5) is 0 Å². The number of carbonyl (C=O) groups is 6. The molecule has 4 atom stereocenters. The molecule has 0 aliphatic rings. The van der Waals surface area contributed by atoms with Crippen molar-refractivity contribution in [1.82, 2.24) is 16.0 Å². The predicted molar refractivity (Wildman–Crippen MR) is 125 cm³/mol. The van der Waals surface area contributed by atoms with E-state index in [9.17, 15) is 33.9 Å². The first kappa shape index (κ1) is 31.1. The second-order valence-corrected chi connectivity index (χ2v) is 7.97. The van der Waals surface area contributed by atoms with E-state index in [0.717, 1.165) is 0 Å². The van der Waals surface area contributed by atoms with Crippen molar-refractivity contribution in [3.05, 3.63) is 0 Å². The molecule has 15 heteroatoms. The molecule has 0 saturated carbocycles. The Morgan fingerprint density at radius 1 is 0.735 bits per heavy atom. The number of carboxylic acid groups (broad SMARTS) is 1. The molecule has 5 amide bonds. The molecule has 0 heterocycles. The lowest BCUT2D eigenvalue weighted by Crippen LogP contribution is -2.57. The Labute approximate surface area is 202 Å². The molecular formula is C19H35N7O7S. The van der Waals surface area contributed by atoms with Crippen molar-refractivity contribution >= 4 is 48.1 Å². The summed E-state index contributed by atoms with van der Waals surface area (Å²) in [5.41, 5.74) is 21.2. The largest absolute Gasteiger partial charge is 0.480 e. The van der Waals surface area contributed by atoms with Crippen LogP contribution in [0.15, 0.2) is 0 Å². The van der Waals surface area contributed by atoms with Crippen LogP contribution in [0.5, 0.6) is 0 Å². The lowest BCUT2D eigenvalue weighted by molar-refractivity contribution is -0.142. The first-order valence-electron chi connectivity index (χ1n) is 10.7. The van der Waals surface area contributed by atoms with Gasteiger partial charge in [-0.25, -0.2) is 4.79 Å². The molecule has 0 bridgehead atoms. The summed E-state index contributed by atoms with van der Waals surface area (Å²) in [7, 11) is 0. The van der Waals surface area contributed by atoms with Crippen molar-refractivity contribution in [3.63, 3.8) is 0 Å². The third-order valence-corrected chi connectivity index (χ3v) is 5.09. The van der Waals surface area contributed by atoms with Gasteiger partial charge in [0.15, 0.2) is 0 Å². The lowest BCUT2D eigenvalue weighted by Gasteiger charge is -2.24. The average Bonchev–Trinajstić information content (AvgIpc) is 2.76. The number of amides is 5. The quantitative estimate of drug-likeness (QED) is 0.0658. The fourth-order valence-corrected chi connectivity index (χ4v) is 3.01. The molecular weight excluding hydrogens is 470 g/mol. The maximum absolute atomic E-state index is 12.7. The first-order valence-corrected chi connectivity index (χ1v) is 11.3. The monoisotopic (exact) mass is 505 g/mol. The fraction of sp³-hybridized carbons (Fsp3) is 0.684. The molecule has 0 spiro atoms. The van der Waals surface area contributed by atoms with Crippen LogP contribution in [0, 0.1) is 0 Å². The summed E-state index contributed by atoms with van der Waals surface area (Å²) in [5.74, 6) is -5.10. The van der Waals surface area contributed by atoms with E-state index in [4.69, 9.17) is 22.9 Å². The minimum absolute atomic E-state index is 0.0198. The molecule has 0 radical (unpaired) electrons. The highest BCUT2D eigenvalue weighted by atomic mass is 32.1. The van der Waals surface area contributed by atoms with Crippen LogP contribution >= 0.6 is 12.6 Å². The van der Waals surface area contributed by atoms with Crippen LogP contribution in [-0.2, 0) is 28.8 Å². The Hall–Kier alpha value is -2.91. The number of rotatable bonds is 18. The summed E-state index contributed by atoms with van der Waals surface area (Å²) in [6.45, 7) is 0.344. The molecule has 34 heavy (non-hydrogen) atoms. The van der Waals surface area contributed by atoms with Gasteiger partial charge in [-0.2, -0.15) is 12.6 Å². The predicted octanol–water partition coefficient (Wildman–Crippen LogP) is -3.56. The van der Waals surface area contributed by atoms with Crippen molar-refractivity contribution in [2.75, 3.05) is 12.3 Å². The van der Waals surface area contributed by atoms with Gasteiger partial charge >= 0.3 is 5.97 Å². The van der Waals surface area contributed by atoms with Gasteiger partial charge in [0.05, 0.1) is 6.04 Å². The van der Waals surface area contributed by atoms with Crippen molar-refractivity contribution < 1.29 is 33.9 Å². The number of primary amides is 2. The number of hydrogen-bond acceptors (Lipinski definition) is 9. The van der Waals surface area contributed by atoms with Crippen LogP contribution in [0.25, 0.3) is 0 Å². The van der Waals surface area contributed by atoms with E-state index in [0.29, 0.717) is 19.4 Å². The molecule has 0 rings (SSSR count). The third-order valence-electron chi connectivity index (χ3n) is 4.73. The molecule has 14 nitrogen and oxygen atoms in total. The molecule has 194 valence electrons. The Kier molecular flexibility index (Phi) is 15.2. The zero-order valence-electron chi connectivity index (χ0n) is 18.8. The summed E-state index contributed by atoms with van der Waals surface area (Å²) >= 11 is 4.04. The maximum atomic E-state index is 12.7. The smallest absolute Gasteiger partial charge is 0.326 e. The standard InChI is InChI=1S/C19H35N7O7S/c20-8-2-1-3-11(17(30)25-12(19(32)33)5-7-15(23)28)24-18(31)13(9-34)26-16(29)10(21)4-6-14(22)27/h10-13,34H,1-9,20-21H2,(H2,22,27)(H2,23,28)(H,24,31)(H,25,30)(H,26,29)(H,32,33). The molecule has 0 aliphatic carbocycles. The second kappa shape index (κ2) is 16.7. The van der Waals surface area contributed by atoms with Crippen molar-refractivity contribution in [3.8, 4) is 0 Å². The number of unbranched alkanes of at least 4 members (excludes halogenated alkanes) is 1. The van der Waals surface area contributed by atoms with E-state index in [1.807, 2.05) is 0 Å². The SMILES string of the molecule is NCCCCC(NC(=O)C(CS)NC(=O)C(N)CCC(N)=O)C(=O)NC(CCC(N)=O)C(=O)O. The lowest BCUT2D eigenvalue weighted by atomic mass is 10.1. The summed E-state index contributed by atoms with van der Waals surface area (Å²) in [6.07, 6.45) is 0.519. The van der Waals surface area contributed by atoms with Gasteiger partial charge in [0, 0.05) is 18.6 Å². The first-order chi connectivity index (χ1) is 15.9. The van der Waals surface area contributed by atoms with Gasteiger partial charge in [0.25, 0.3) is 0 Å². The van der Waals surface area contributed by atoms with Gasteiger partial charge in [-0.05, 0) is 38.6 Å². The molecule has 0 saturated heterocycles. The Morgan fingerprint density at radius 2 is 1.24 bits per heavy atom. The normalized spacial score (nSPS) is 14.2. The van der Waals surface area contributed by atoms with E-state index in [1.54, 1.807) is 0 Å². The van der Waals surface area contributed by atoms with E-state index >= 15 is 0 Å². The number of carboxylic acids is 1. The van der Waals surface area contributed by atoms with E-state index < -0.39 is 59.7 Å². The van der Waals surface area contributed by atoms with Crippen molar-refractivity contribution in [1.29, 1.82) is 0 Å². The van der Waals surface area contributed by atoms with Gasteiger partial charge in [-0.1, -0.05) is 0 Å². The van der Waals surface area contributed by atoms with Gasteiger partial charge in [-0.15, -0.1) is 0 Å². The highest BCUT2D eigenvalue weighted by Crippen LogP contribution is 2.05. The summed E-state index contributed by atoms with van der Waals surface area (Å²) < 4.78 is 0. The number of thiol groups is 1. The Balaban J connectivity index is 5.26. The number of nitrogens with one attached hydrogen (secondary N) is 3. The van der Waals surface area contributed by atoms with Crippen LogP contribution in [0.1, 0.15) is 44.9 Å². The maximum Gasteiger partial charge on any atom is 0.326 e. The molecule has 0 aromatic rings. The van der Waals surface area contributed by atoms with Gasteiger partial charge in [0.1, 0.15) is 18.1 Å². The highest BCUT2D eigenvalue weighted by molar-refractivity contribution is 7.80. The van der Waals surface area contributed by atoms with Crippen LogP contribution in [-0.4, -0.2) is 77.1 Å². The molecule has 12 N–H and O–H groups in total.